The van der Waals surface area contributed by atoms with Crippen molar-refractivity contribution >= 4 is 8.80 Å². The molecule has 6 heavy (non-hydrogen) atoms. The van der Waals surface area contributed by atoms with Gasteiger partial charge in [-0.2, -0.15) is 0 Å². The van der Waals surface area contributed by atoms with Crippen molar-refractivity contribution in [2.75, 3.05) is 0 Å². The molecule has 0 aromatic carbocycles. The summed E-state index contributed by atoms with van der Waals surface area (Å²) in [7, 11) is -0.139. The molecule has 0 rings (SSSR count). The minimum Gasteiger partial charge on any atom is -0.693 e. The topological polar surface area (TPSA) is 33.5 Å². The standard InChI is InChI=1S/C3H10Si.K.H2N/c1-4(2)3;;/h4H,1-3H3;;1H2/q;+1;-1. The molecular weight excluding hydrogens is 117 g/mol. The maximum absolute atomic E-state index is 2.31. The van der Waals surface area contributed by atoms with Crippen LogP contribution in [0.4, 0.5) is 0 Å². The van der Waals surface area contributed by atoms with Crippen LogP contribution in [-0.2, 0) is 0 Å². The molecule has 34 valence electrons. The van der Waals surface area contributed by atoms with Gasteiger partial charge in [0, 0.05) is 8.80 Å². The van der Waals surface area contributed by atoms with Crippen molar-refractivity contribution < 1.29 is 51.4 Å². The van der Waals surface area contributed by atoms with Gasteiger partial charge in [0.1, 0.15) is 0 Å². The molecule has 0 aliphatic heterocycles. The SMILES string of the molecule is C[SiH](C)C.[K+].[NH2-]. The van der Waals surface area contributed by atoms with Crippen molar-refractivity contribution in [3.63, 3.8) is 0 Å². The first-order chi connectivity index (χ1) is 1.73. The van der Waals surface area contributed by atoms with Crippen LogP contribution in [-0.4, -0.2) is 8.80 Å². The molecule has 0 saturated carbocycles. The summed E-state index contributed by atoms with van der Waals surface area (Å²) in [6, 6.07) is 0. The zero-order chi connectivity index (χ0) is 3.58. The van der Waals surface area contributed by atoms with E-state index in [0.717, 1.165) is 0 Å². The molecule has 0 saturated heterocycles. The zero-order valence-electron chi connectivity index (χ0n) is 5.15. The van der Waals surface area contributed by atoms with Crippen LogP contribution in [0.15, 0.2) is 0 Å². The van der Waals surface area contributed by atoms with Crippen molar-refractivity contribution in [1.82, 2.24) is 0 Å². The van der Waals surface area contributed by atoms with Crippen LogP contribution in [0.25, 0.3) is 6.15 Å². The number of hydrogen-bond acceptors (Lipinski definition) is 0. The number of nitrogens with two attached hydrogens (primary N) is 1. The Labute approximate surface area is 84.5 Å². The molecule has 0 spiro atoms. The maximum Gasteiger partial charge on any atom is 1.00 e. The summed E-state index contributed by atoms with van der Waals surface area (Å²) in [6.07, 6.45) is 0. The molecule has 0 radical (unpaired) electrons. The van der Waals surface area contributed by atoms with E-state index in [1.165, 1.54) is 0 Å². The average molecular weight is 129 g/mol. The Hall–Kier alpha value is 1.81. The van der Waals surface area contributed by atoms with E-state index in [-0.39, 0.29) is 66.3 Å². The van der Waals surface area contributed by atoms with E-state index in [2.05, 4.69) is 19.6 Å². The average Bonchev–Trinajstić information content (AvgIpc) is 0.811. The molecule has 0 aliphatic carbocycles. The maximum atomic E-state index is 2.31. The Morgan fingerprint density at radius 2 is 1.00 bits per heavy atom. The molecule has 0 unspecified atom stereocenters. The normalized spacial score (nSPS) is 6.00. The molecule has 0 fully saturated rings. The van der Waals surface area contributed by atoms with Crippen molar-refractivity contribution in [1.29, 1.82) is 0 Å². The summed E-state index contributed by atoms with van der Waals surface area (Å²) in [5.74, 6) is 0. The summed E-state index contributed by atoms with van der Waals surface area (Å²) in [6.45, 7) is 6.92. The van der Waals surface area contributed by atoms with Gasteiger partial charge in [0.2, 0.25) is 0 Å². The van der Waals surface area contributed by atoms with Crippen LogP contribution in [0, 0.1) is 0 Å². The Bertz CT molecular complexity index is 15.5. The van der Waals surface area contributed by atoms with E-state index in [9.17, 15) is 0 Å². The van der Waals surface area contributed by atoms with Crippen molar-refractivity contribution in [2.45, 2.75) is 19.6 Å². The largest absolute Gasteiger partial charge is 1.00 e. The Morgan fingerprint density at radius 3 is 1.00 bits per heavy atom. The van der Waals surface area contributed by atoms with Gasteiger partial charge in [-0.15, -0.1) is 0 Å². The molecule has 0 atom stereocenters. The van der Waals surface area contributed by atoms with E-state index in [4.69, 9.17) is 0 Å². The summed E-state index contributed by atoms with van der Waals surface area (Å²) in [5, 5.41) is 0. The monoisotopic (exact) mass is 129 g/mol. The van der Waals surface area contributed by atoms with Gasteiger partial charge in [-0.25, -0.2) is 0 Å². The van der Waals surface area contributed by atoms with Gasteiger partial charge < -0.3 is 6.15 Å². The fourth-order valence-corrected chi connectivity index (χ4v) is 0. The fourth-order valence-electron chi connectivity index (χ4n) is 0. The number of rotatable bonds is 0. The third-order valence-corrected chi connectivity index (χ3v) is 0. The van der Waals surface area contributed by atoms with Crippen molar-refractivity contribution in [3.8, 4) is 0 Å². The molecule has 0 heterocycles. The van der Waals surface area contributed by atoms with E-state index < -0.39 is 0 Å². The third kappa shape index (κ3) is 41.0. The number of hydrogen-bond donors (Lipinski definition) is 0. The minimum absolute atomic E-state index is 0. The van der Waals surface area contributed by atoms with Crippen LogP contribution in [0.2, 0.25) is 19.6 Å². The Balaban J connectivity index is -0.0000000450. The molecule has 0 aliphatic rings. The molecule has 2 N–H and O–H groups in total. The zero-order valence-corrected chi connectivity index (χ0v) is 9.43. The smallest absolute Gasteiger partial charge is 0.693 e. The molecular formula is C3H12KNSi. The van der Waals surface area contributed by atoms with E-state index in [1.54, 1.807) is 0 Å². The van der Waals surface area contributed by atoms with Gasteiger partial charge in [-0.3, -0.25) is 0 Å². The van der Waals surface area contributed by atoms with E-state index in [0.29, 0.717) is 0 Å². The molecule has 3 heteroatoms. The van der Waals surface area contributed by atoms with Crippen LogP contribution in [0.3, 0.4) is 0 Å². The molecule has 0 amide bonds. The van der Waals surface area contributed by atoms with Gasteiger partial charge in [0.05, 0.1) is 0 Å². The molecule has 1 nitrogen and oxygen atoms in total. The predicted molar refractivity (Wildman–Crippen MR) is 30.0 cm³/mol. The van der Waals surface area contributed by atoms with Gasteiger partial charge in [0.25, 0.3) is 0 Å². The first kappa shape index (κ1) is 15.7. The van der Waals surface area contributed by atoms with Crippen molar-refractivity contribution in [2.24, 2.45) is 0 Å². The second-order valence-electron chi connectivity index (χ2n) is 1.73. The van der Waals surface area contributed by atoms with Gasteiger partial charge in [0.15, 0.2) is 0 Å². The van der Waals surface area contributed by atoms with E-state index >= 15 is 0 Å². The molecule has 0 aromatic heterocycles. The molecule has 0 bridgehead atoms. The summed E-state index contributed by atoms with van der Waals surface area (Å²) >= 11 is 0. The summed E-state index contributed by atoms with van der Waals surface area (Å²) in [5.41, 5.74) is 0. The second kappa shape index (κ2) is 9.94. The second-order valence-corrected chi connectivity index (χ2v) is 5.20. The summed E-state index contributed by atoms with van der Waals surface area (Å²) in [4.78, 5) is 0. The van der Waals surface area contributed by atoms with Gasteiger partial charge in [-0.05, 0) is 0 Å². The Kier molecular flexibility index (Phi) is 25.9. The first-order valence-electron chi connectivity index (χ1n) is 1.73. The minimum atomic E-state index is -0.139. The first-order valence-corrected chi connectivity index (χ1v) is 5.20. The van der Waals surface area contributed by atoms with Crippen LogP contribution >= 0.6 is 0 Å². The van der Waals surface area contributed by atoms with E-state index in [1.807, 2.05) is 0 Å². The van der Waals surface area contributed by atoms with Gasteiger partial charge in [-0.1, -0.05) is 19.6 Å². The van der Waals surface area contributed by atoms with Crippen LogP contribution in [0.5, 0.6) is 0 Å². The van der Waals surface area contributed by atoms with Crippen LogP contribution in [0.1, 0.15) is 0 Å². The van der Waals surface area contributed by atoms with Crippen LogP contribution < -0.4 is 51.4 Å². The predicted octanol–water partition coefficient (Wildman–Crippen LogP) is -1.18. The molecule has 0 aromatic rings. The Morgan fingerprint density at radius 1 is 1.00 bits per heavy atom. The fraction of sp³-hybridized carbons (Fsp3) is 1.00. The van der Waals surface area contributed by atoms with Gasteiger partial charge >= 0.3 is 51.4 Å². The summed E-state index contributed by atoms with van der Waals surface area (Å²) < 4.78 is 0. The quantitative estimate of drug-likeness (QED) is 0.369. The van der Waals surface area contributed by atoms with Crippen molar-refractivity contribution in [3.05, 3.63) is 6.15 Å². The third-order valence-electron chi connectivity index (χ3n) is 0.